The summed E-state index contributed by atoms with van der Waals surface area (Å²) in [7, 11) is 0. The molecule has 1 aromatic rings. The number of nitrogens with one attached hydrogen (secondary N) is 1. The Labute approximate surface area is 143 Å². The fourth-order valence-electron chi connectivity index (χ4n) is 2.99. The first kappa shape index (κ1) is 18.3. The van der Waals surface area contributed by atoms with Crippen molar-refractivity contribution in [1.29, 1.82) is 0 Å². The Hall–Kier alpha value is -2.08. The predicted octanol–water partition coefficient (Wildman–Crippen LogP) is 1.74. The lowest BCUT2D eigenvalue weighted by atomic mass is 9.95. The van der Waals surface area contributed by atoms with Crippen molar-refractivity contribution >= 4 is 12.0 Å². The van der Waals surface area contributed by atoms with Gasteiger partial charge in [0.05, 0.1) is 5.92 Å². The van der Waals surface area contributed by atoms with Gasteiger partial charge in [-0.15, -0.1) is 0 Å². The first-order valence-corrected chi connectivity index (χ1v) is 8.27. The summed E-state index contributed by atoms with van der Waals surface area (Å²) in [6.07, 6.45) is -0.466. The van der Waals surface area contributed by atoms with Crippen LogP contribution in [0.5, 0.6) is 0 Å². The van der Waals surface area contributed by atoms with Crippen LogP contribution < -0.4 is 11.1 Å². The number of primary amides is 1. The molecule has 2 atom stereocenters. The van der Waals surface area contributed by atoms with Gasteiger partial charge in [0.15, 0.2) is 0 Å². The van der Waals surface area contributed by atoms with Gasteiger partial charge in [0.2, 0.25) is 5.91 Å². The smallest absolute Gasteiger partial charge is 0.407 e. The number of rotatable bonds is 5. The summed E-state index contributed by atoms with van der Waals surface area (Å²) in [4.78, 5) is 25.7. The number of hydrogen-bond acceptors (Lipinski definition) is 4. The van der Waals surface area contributed by atoms with Gasteiger partial charge in [-0.05, 0) is 26.3 Å². The van der Waals surface area contributed by atoms with E-state index >= 15 is 0 Å². The topological polar surface area (TPSA) is 84.7 Å². The summed E-state index contributed by atoms with van der Waals surface area (Å²) >= 11 is 0. The van der Waals surface area contributed by atoms with E-state index in [9.17, 15) is 9.59 Å². The molecule has 0 aromatic heterocycles. The number of carbonyl (C=O) groups is 2. The molecule has 1 saturated heterocycles. The molecule has 1 aromatic carbocycles. The molecule has 6 nitrogen and oxygen atoms in total. The number of likely N-dealkylation sites (tertiary alicyclic amines) is 1. The van der Waals surface area contributed by atoms with Crippen LogP contribution in [0.25, 0.3) is 0 Å². The Bertz CT molecular complexity index is 569. The number of benzene rings is 1. The minimum absolute atomic E-state index is 0.00118. The van der Waals surface area contributed by atoms with Gasteiger partial charge < -0.3 is 15.8 Å². The van der Waals surface area contributed by atoms with E-state index in [-0.39, 0.29) is 17.7 Å². The zero-order chi connectivity index (χ0) is 17.7. The van der Waals surface area contributed by atoms with Gasteiger partial charge in [-0.25, -0.2) is 4.79 Å². The van der Waals surface area contributed by atoms with E-state index in [0.29, 0.717) is 13.1 Å². The van der Waals surface area contributed by atoms with E-state index in [4.69, 9.17) is 10.5 Å². The summed E-state index contributed by atoms with van der Waals surface area (Å²) in [5.74, 6) is -0.580. The van der Waals surface area contributed by atoms with Gasteiger partial charge in [0.25, 0.3) is 0 Å². The Morgan fingerprint density at radius 3 is 2.50 bits per heavy atom. The maximum absolute atomic E-state index is 11.8. The molecule has 1 heterocycles. The Balaban J connectivity index is 1.90. The molecule has 0 unspecified atom stereocenters. The van der Waals surface area contributed by atoms with Crippen molar-refractivity contribution in [2.75, 3.05) is 19.6 Å². The molecule has 6 heteroatoms. The van der Waals surface area contributed by atoms with E-state index in [0.717, 1.165) is 13.1 Å². The van der Waals surface area contributed by atoms with Crippen LogP contribution in [0.15, 0.2) is 30.3 Å². The fourth-order valence-corrected chi connectivity index (χ4v) is 2.99. The van der Waals surface area contributed by atoms with E-state index in [1.807, 2.05) is 39.0 Å². The standard InChI is InChI=1S/C18H27N3O3/c1-18(2,3)24-17(23)20-9-14-11-21(12-15(14)16(19)22)10-13-7-5-4-6-8-13/h4-8,14-15H,9-12H2,1-3H3,(H2,19,22)(H,20,23)/t14-,15+/m0/s1. The lowest BCUT2D eigenvalue weighted by Gasteiger charge is -2.21. The van der Waals surface area contributed by atoms with Crippen molar-refractivity contribution < 1.29 is 14.3 Å². The normalized spacial score (nSPS) is 21.5. The van der Waals surface area contributed by atoms with Crippen molar-refractivity contribution in [1.82, 2.24) is 10.2 Å². The van der Waals surface area contributed by atoms with Crippen LogP contribution in [0.2, 0.25) is 0 Å². The minimum atomic E-state index is -0.539. The largest absolute Gasteiger partial charge is 0.444 e. The van der Waals surface area contributed by atoms with Crippen molar-refractivity contribution in [3.05, 3.63) is 35.9 Å². The average molecular weight is 333 g/mol. The third-order valence-electron chi connectivity index (χ3n) is 4.04. The SMILES string of the molecule is CC(C)(C)OC(=O)NC[C@H]1CN(Cc2ccccc2)C[C@H]1C(N)=O. The van der Waals surface area contributed by atoms with Crippen molar-refractivity contribution in [3.63, 3.8) is 0 Å². The van der Waals surface area contributed by atoms with Crippen LogP contribution >= 0.6 is 0 Å². The maximum Gasteiger partial charge on any atom is 0.407 e. The monoisotopic (exact) mass is 333 g/mol. The van der Waals surface area contributed by atoms with Crippen LogP contribution in [0.1, 0.15) is 26.3 Å². The van der Waals surface area contributed by atoms with Crippen molar-refractivity contribution in [2.45, 2.75) is 32.9 Å². The number of amides is 2. The molecule has 24 heavy (non-hydrogen) atoms. The Morgan fingerprint density at radius 1 is 1.25 bits per heavy atom. The van der Waals surface area contributed by atoms with Crippen molar-refractivity contribution in [2.24, 2.45) is 17.6 Å². The molecule has 3 N–H and O–H groups in total. The van der Waals surface area contributed by atoms with Crippen LogP contribution in [0.3, 0.4) is 0 Å². The summed E-state index contributed by atoms with van der Waals surface area (Å²) in [5, 5.41) is 2.75. The number of alkyl carbamates (subject to hydrolysis) is 1. The number of hydrogen-bond donors (Lipinski definition) is 2. The summed E-state index contributed by atoms with van der Waals surface area (Å²) < 4.78 is 5.24. The zero-order valence-electron chi connectivity index (χ0n) is 14.6. The van der Waals surface area contributed by atoms with E-state index in [1.54, 1.807) is 0 Å². The molecule has 0 radical (unpaired) electrons. The molecule has 0 bridgehead atoms. The first-order valence-electron chi connectivity index (χ1n) is 8.27. The number of nitrogens with zero attached hydrogens (tertiary/aromatic N) is 1. The van der Waals surface area contributed by atoms with Crippen molar-refractivity contribution in [3.8, 4) is 0 Å². The minimum Gasteiger partial charge on any atom is -0.444 e. The molecule has 2 rings (SSSR count). The maximum atomic E-state index is 11.8. The highest BCUT2D eigenvalue weighted by Crippen LogP contribution is 2.24. The third kappa shape index (κ3) is 5.53. The van der Waals surface area contributed by atoms with Gasteiger partial charge in [-0.1, -0.05) is 30.3 Å². The van der Waals surface area contributed by atoms with Crippen LogP contribution in [-0.4, -0.2) is 42.1 Å². The second-order valence-electron chi connectivity index (χ2n) is 7.33. The highest BCUT2D eigenvalue weighted by Gasteiger charge is 2.36. The van der Waals surface area contributed by atoms with Gasteiger partial charge in [-0.2, -0.15) is 0 Å². The van der Waals surface area contributed by atoms with Gasteiger partial charge >= 0.3 is 6.09 Å². The molecule has 1 aliphatic heterocycles. The summed E-state index contributed by atoms with van der Waals surface area (Å²) in [5.41, 5.74) is 6.20. The second kappa shape index (κ2) is 7.66. The average Bonchev–Trinajstić information content (AvgIpc) is 2.87. The van der Waals surface area contributed by atoms with Crippen LogP contribution in [-0.2, 0) is 16.1 Å². The van der Waals surface area contributed by atoms with Crippen LogP contribution in [0, 0.1) is 11.8 Å². The fraction of sp³-hybridized carbons (Fsp3) is 0.556. The summed E-state index contributed by atoms with van der Waals surface area (Å²) in [6.45, 7) is 7.94. The molecule has 1 fully saturated rings. The van der Waals surface area contributed by atoms with Gasteiger partial charge in [0.1, 0.15) is 5.60 Å². The predicted molar refractivity (Wildman–Crippen MR) is 92.1 cm³/mol. The van der Waals surface area contributed by atoms with Gasteiger partial charge in [0, 0.05) is 32.1 Å². The summed E-state index contributed by atoms with van der Waals surface area (Å²) in [6, 6.07) is 10.1. The highest BCUT2D eigenvalue weighted by atomic mass is 16.6. The second-order valence-corrected chi connectivity index (χ2v) is 7.33. The van der Waals surface area contributed by atoms with E-state index in [1.165, 1.54) is 5.56 Å². The quantitative estimate of drug-likeness (QED) is 0.860. The molecule has 0 aliphatic carbocycles. The number of carbonyl (C=O) groups excluding carboxylic acids is 2. The molecule has 2 amide bonds. The number of ether oxygens (including phenoxy) is 1. The highest BCUT2D eigenvalue weighted by molar-refractivity contribution is 5.77. The molecular formula is C18H27N3O3. The Kier molecular flexibility index (Phi) is 5.83. The third-order valence-corrected chi connectivity index (χ3v) is 4.04. The molecule has 0 saturated carbocycles. The first-order chi connectivity index (χ1) is 11.2. The molecule has 1 aliphatic rings. The number of nitrogens with two attached hydrogens (primary N) is 1. The van der Waals surface area contributed by atoms with Crippen LogP contribution in [0.4, 0.5) is 4.79 Å². The zero-order valence-corrected chi connectivity index (χ0v) is 14.6. The van der Waals surface area contributed by atoms with Gasteiger partial charge in [-0.3, -0.25) is 9.69 Å². The van der Waals surface area contributed by atoms with E-state index in [2.05, 4.69) is 22.3 Å². The van der Waals surface area contributed by atoms with E-state index < -0.39 is 11.7 Å². The lowest BCUT2D eigenvalue weighted by Crippen LogP contribution is -2.39. The molecule has 132 valence electrons. The lowest BCUT2D eigenvalue weighted by molar-refractivity contribution is -0.122. The molecule has 0 spiro atoms. The molecular weight excluding hydrogens is 306 g/mol. The Morgan fingerprint density at radius 2 is 1.92 bits per heavy atom.